The minimum absolute atomic E-state index is 0.769. The fourth-order valence-corrected chi connectivity index (χ4v) is 1.15. The van der Waals surface area contributed by atoms with Crippen molar-refractivity contribution < 1.29 is 0 Å². The first kappa shape index (κ1) is 5.13. The lowest BCUT2D eigenvalue weighted by atomic mass is 10.5. The Kier molecular flexibility index (Phi) is 1.35. The Bertz CT molecular complexity index is 140. The highest BCUT2D eigenvalue weighted by molar-refractivity contribution is 7.10. The van der Waals surface area contributed by atoms with Crippen LogP contribution >= 0.6 is 22.9 Å². The predicted octanol–water partition coefficient (Wildman–Crippen LogP) is 2.58. The average Bonchev–Trinajstić information content (AvgIpc) is 1.91. The third-order valence-electron chi connectivity index (χ3n) is 0.691. The highest BCUT2D eigenvalue weighted by Crippen LogP contribution is 2.19. The average molecular weight is 132 g/mol. The first-order valence-corrected chi connectivity index (χ1v) is 3.11. The van der Waals surface area contributed by atoms with Gasteiger partial charge in [-0.15, -0.1) is 11.3 Å². The largest absolute Gasteiger partial charge is 0.147 e. The van der Waals surface area contributed by atoms with Crippen LogP contribution in [0.3, 0.4) is 0 Å². The molecule has 1 aromatic rings. The quantitative estimate of drug-likeness (QED) is 0.508. The van der Waals surface area contributed by atoms with Crippen molar-refractivity contribution in [3.05, 3.63) is 28.3 Å². The highest BCUT2D eigenvalue weighted by Gasteiger charge is 1.90. The SMILES string of the molecule is [CH2]c1sccc1Cl. The molecule has 2 heteroatoms. The Labute approximate surface area is 51.7 Å². The van der Waals surface area contributed by atoms with Gasteiger partial charge in [-0.2, -0.15) is 0 Å². The van der Waals surface area contributed by atoms with Crippen LogP contribution in [0.2, 0.25) is 5.02 Å². The van der Waals surface area contributed by atoms with Crippen molar-refractivity contribution in [1.29, 1.82) is 0 Å². The molecule has 1 aromatic heterocycles. The van der Waals surface area contributed by atoms with Crippen molar-refractivity contribution in [1.82, 2.24) is 0 Å². The van der Waals surface area contributed by atoms with Crippen LogP contribution in [-0.2, 0) is 0 Å². The molecule has 0 fully saturated rings. The van der Waals surface area contributed by atoms with E-state index in [4.69, 9.17) is 11.6 Å². The molecule has 0 aliphatic carbocycles. The summed E-state index contributed by atoms with van der Waals surface area (Å²) in [6.07, 6.45) is 0. The zero-order valence-corrected chi connectivity index (χ0v) is 5.22. The second kappa shape index (κ2) is 1.85. The van der Waals surface area contributed by atoms with Crippen molar-refractivity contribution >= 4 is 22.9 Å². The van der Waals surface area contributed by atoms with Gasteiger partial charge >= 0.3 is 0 Å². The van der Waals surface area contributed by atoms with Crippen molar-refractivity contribution in [2.24, 2.45) is 0 Å². The lowest BCUT2D eigenvalue weighted by Crippen LogP contribution is -1.52. The molecule has 0 atom stereocenters. The van der Waals surface area contributed by atoms with Crippen molar-refractivity contribution in [3.63, 3.8) is 0 Å². The van der Waals surface area contributed by atoms with Crippen LogP contribution in [0.5, 0.6) is 0 Å². The van der Waals surface area contributed by atoms with Crippen LogP contribution in [-0.4, -0.2) is 0 Å². The fraction of sp³-hybridized carbons (Fsp3) is 0. The van der Waals surface area contributed by atoms with Gasteiger partial charge in [0.1, 0.15) is 0 Å². The number of hydrogen-bond acceptors (Lipinski definition) is 1. The molecule has 0 N–H and O–H groups in total. The van der Waals surface area contributed by atoms with E-state index in [0.717, 1.165) is 9.90 Å². The predicted molar refractivity (Wildman–Crippen MR) is 33.8 cm³/mol. The van der Waals surface area contributed by atoms with E-state index < -0.39 is 0 Å². The fourth-order valence-electron chi connectivity index (χ4n) is 0.325. The maximum absolute atomic E-state index is 5.57. The third-order valence-corrected chi connectivity index (χ3v) is 1.93. The molecule has 1 heterocycles. The molecule has 0 bridgehead atoms. The van der Waals surface area contributed by atoms with E-state index in [0.29, 0.717) is 0 Å². The smallest absolute Gasteiger partial charge is 0.0545 e. The van der Waals surface area contributed by atoms with Gasteiger partial charge < -0.3 is 0 Å². The summed E-state index contributed by atoms with van der Waals surface area (Å²) >= 11 is 7.13. The van der Waals surface area contributed by atoms with E-state index in [2.05, 4.69) is 6.92 Å². The molecular formula is C5H4ClS. The van der Waals surface area contributed by atoms with E-state index in [1.165, 1.54) is 0 Å². The molecule has 0 amide bonds. The van der Waals surface area contributed by atoms with Crippen molar-refractivity contribution in [3.8, 4) is 0 Å². The second-order valence-electron chi connectivity index (χ2n) is 1.19. The molecule has 0 nitrogen and oxygen atoms in total. The summed E-state index contributed by atoms with van der Waals surface area (Å²) < 4.78 is 0. The Morgan fingerprint density at radius 3 is 2.57 bits per heavy atom. The van der Waals surface area contributed by atoms with E-state index in [9.17, 15) is 0 Å². The van der Waals surface area contributed by atoms with Gasteiger partial charge in [-0.25, -0.2) is 0 Å². The molecule has 1 radical (unpaired) electrons. The summed E-state index contributed by atoms with van der Waals surface area (Å²) in [7, 11) is 0. The van der Waals surface area contributed by atoms with Crippen LogP contribution in [0.15, 0.2) is 11.4 Å². The summed E-state index contributed by atoms with van der Waals surface area (Å²) in [5.74, 6) is 0. The lowest BCUT2D eigenvalue weighted by molar-refractivity contribution is 1.88. The van der Waals surface area contributed by atoms with Crippen LogP contribution in [0.4, 0.5) is 0 Å². The number of thiophene rings is 1. The standard InChI is InChI=1S/C5H4ClS/c1-4-5(6)2-3-7-4/h2-3H,1H2. The van der Waals surface area contributed by atoms with Crippen LogP contribution in [0, 0.1) is 6.92 Å². The lowest BCUT2D eigenvalue weighted by Gasteiger charge is -1.76. The monoisotopic (exact) mass is 131 g/mol. The number of hydrogen-bond donors (Lipinski definition) is 0. The molecule has 0 aliphatic heterocycles. The van der Waals surface area contributed by atoms with Gasteiger partial charge in [0.2, 0.25) is 0 Å². The van der Waals surface area contributed by atoms with Crippen LogP contribution in [0.1, 0.15) is 4.88 Å². The minimum Gasteiger partial charge on any atom is -0.147 e. The molecule has 0 aliphatic rings. The summed E-state index contributed by atoms with van der Waals surface area (Å²) in [5, 5.41) is 2.69. The highest BCUT2D eigenvalue weighted by atomic mass is 35.5. The molecule has 0 unspecified atom stereocenters. The zero-order valence-electron chi connectivity index (χ0n) is 3.65. The third kappa shape index (κ3) is 0.956. The van der Waals surface area contributed by atoms with Crippen molar-refractivity contribution in [2.75, 3.05) is 0 Å². The molecule has 37 valence electrons. The van der Waals surface area contributed by atoms with Gasteiger partial charge in [-0.3, -0.25) is 0 Å². The number of rotatable bonds is 0. The van der Waals surface area contributed by atoms with E-state index in [-0.39, 0.29) is 0 Å². The normalized spacial score (nSPS) is 9.43. The van der Waals surface area contributed by atoms with Crippen LogP contribution in [0.25, 0.3) is 0 Å². The number of halogens is 1. The first-order valence-electron chi connectivity index (χ1n) is 1.85. The van der Waals surface area contributed by atoms with Gasteiger partial charge in [-0.1, -0.05) is 11.6 Å². The molecule has 7 heavy (non-hydrogen) atoms. The topological polar surface area (TPSA) is 0 Å². The van der Waals surface area contributed by atoms with Gasteiger partial charge in [0.05, 0.1) is 5.02 Å². The maximum atomic E-state index is 5.57. The zero-order chi connectivity index (χ0) is 5.28. The molecular weight excluding hydrogens is 128 g/mol. The van der Waals surface area contributed by atoms with Gasteiger partial charge in [0.25, 0.3) is 0 Å². The van der Waals surface area contributed by atoms with Gasteiger partial charge in [0, 0.05) is 4.88 Å². The molecule has 0 saturated heterocycles. The molecule has 0 saturated carbocycles. The maximum Gasteiger partial charge on any atom is 0.0545 e. The first-order chi connectivity index (χ1) is 3.30. The molecule has 0 spiro atoms. The summed E-state index contributed by atoms with van der Waals surface area (Å²) in [6, 6.07) is 1.84. The van der Waals surface area contributed by atoms with E-state index >= 15 is 0 Å². The Morgan fingerprint density at radius 1 is 1.71 bits per heavy atom. The molecule has 1 rings (SSSR count). The van der Waals surface area contributed by atoms with Gasteiger partial charge in [-0.05, 0) is 18.4 Å². The van der Waals surface area contributed by atoms with Gasteiger partial charge in [0.15, 0.2) is 0 Å². The Hall–Kier alpha value is -0.0100. The molecule has 0 aromatic carbocycles. The van der Waals surface area contributed by atoms with E-state index in [1.54, 1.807) is 11.3 Å². The van der Waals surface area contributed by atoms with Crippen molar-refractivity contribution in [2.45, 2.75) is 0 Å². The summed E-state index contributed by atoms with van der Waals surface area (Å²) in [5.41, 5.74) is 0. The summed E-state index contributed by atoms with van der Waals surface area (Å²) in [4.78, 5) is 0.946. The van der Waals surface area contributed by atoms with E-state index in [1.807, 2.05) is 11.4 Å². The Balaban J connectivity index is 3.12. The minimum atomic E-state index is 0.769. The summed E-state index contributed by atoms with van der Waals surface area (Å²) in [6.45, 7) is 3.67. The van der Waals surface area contributed by atoms with Crippen LogP contribution < -0.4 is 0 Å². The second-order valence-corrected chi connectivity index (χ2v) is 2.60. The Morgan fingerprint density at radius 2 is 2.43 bits per heavy atom.